The minimum absolute atomic E-state index is 0.224. The standard InChI is InChI=1S/C16H22O2/c1-12-7-10-16(18-2)14(11-12)15(17)9-8-13-5-3-4-6-13/h7,10-11,13H,3-6,8-9H2,1-2H3. The van der Waals surface area contributed by atoms with E-state index in [2.05, 4.69) is 0 Å². The van der Waals surface area contributed by atoms with Crippen LogP contribution in [-0.4, -0.2) is 12.9 Å². The van der Waals surface area contributed by atoms with Gasteiger partial charge in [0.2, 0.25) is 0 Å². The smallest absolute Gasteiger partial charge is 0.166 e. The van der Waals surface area contributed by atoms with E-state index in [9.17, 15) is 4.79 Å². The first-order valence-corrected chi connectivity index (χ1v) is 6.88. The van der Waals surface area contributed by atoms with Gasteiger partial charge in [-0.3, -0.25) is 4.79 Å². The van der Waals surface area contributed by atoms with Crippen molar-refractivity contribution in [2.75, 3.05) is 7.11 Å². The topological polar surface area (TPSA) is 26.3 Å². The van der Waals surface area contributed by atoms with E-state index >= 15 is 0 Å². The van der Waals surface area contributed by atoms with Gasteiger partial charge < -0.3 is 4.74 Å². The Kier molecular flexibility index (Phi) is 4.40. The van der Waals surface area contributed by atoms with E-state index in [0.717, 1.165) is 23.5 Å². The predicted octanol–water partition coefficient (Wildman–Crippen LogP) is 4.16. The number of ether oxygens (including phenoxy) is 1. The molecule has 0 spiro atoms. The molecule has 0 saturated heterocycles. The van der Waals surface area contributed by atoms with Crippen LogP contribution in [0.4, 0.5) is 0 Å². The normalized spacial score (nSPS) is 15.9. The third-order valence-electron chi connectivity index (χ3n) is 3.91. The zero-order valence-corrected chi connectivity index (χ0v) is 11.4. The number of benzene rings is 1. The Labute approximate surface area is 109 Å². The molecule has 18 heavy (non-hydrogen) atoms. The van der Waals surface area contributed by atoms with Crippen LogP contribution in [0.1, 0.15) is 54.4 Å². The lowest BCUT2D eigenvalue weighted by Gasteiger charge is -2.11. The Morgan fingerprint density at radius 3 is 2.72 bits per heavy atom. The van der Waals surface area contributed by atoms with Gasteiger partial charge in [-0.15, -0.1) is 0 Å². The predicted molar refractivity (Wildman–Crippen MR) is 73.3 cm³/mol. The Bertz CT molecular complexity index is 417. The molecule has 0 aliphatic heterocycles. The van der Waals surface area contributed by atoms with Gasteiger partial charge in [0.25, 0.3) is 0 Å². The maximum atomic E-state index is 12.3. The van der Waals surface area contributed by atoms with E-state index < -0.39 is 0 Å². The number of carbonyl (C=O) groups is 1. The summed E-state index contributed by atoms with van der Waals surface area (Å²) in [5.74, 6) is 1.70. The second kappa shape index (κ2) is 6.03. The summed E-state index contributed by atoms with van der Waals surface area (Å²) in [5, 5.41) is 0. The van der Waals surface area contributed by atoms with Crippen LogP contribution >= 0.6 is 0 Å². The molecule has 0 aromatic heterocycles. The lowest BCUT2D eigenvalue weighted by Crippen LogP contribution is -2.05. The third kappa shape index (κ3) is 3.12. The molecular formula is C16H22O2. The van der Waals surface area contributed by atoms with Crippen LogP contribution in [0.15, 0.2) is 18.2 Å². The van der Waals surface area contributed by atoms with Crippen molar-refractivity contribution in [2.45, 2.75) is 45.4 Å². The van der Waals surface area contributed by atoms with Crippen molar-refractivity contribution in [1.82, 2.24) is 0 Å². The van der Waals surface area contributed by atoms with Gasteiger partial charge in [0.15, 0.2) is 5.78 Å². The summed E-state index contributed by atoms with van der Waals surface area (Å²) in [6.45, 7) is 2.01. The molecule has 0 unspecified atom stereocenters. The number of hydrogen-bond donors (Lipinski definition) is 0. The van der Waals surface area contributed by atoms with Crippen molar-refractivity contribution in [1.29, 1.82) is 0 Å². The van der Waals surface area contributed by atoms with Crippen LogP contribution in [0.25, 0.3) is 0 Å². The Hall–Kier alpha value is -1.31. The van der Waals surface area contributed by atoms with Gasteiger partial charge in [0.05, 0.1) is 12.7 Å². The summed E-state index contributed by atoms with van der Waals surface area (Å²) in [4.78, 5) is 12.3. The molecule has 0 N–H and O–H groups in total. The SMILES string of the molecule is COc1ccc(C)cc1C(=O)CCC1CCCC1. The monoisotopic (exact) mass is 246 g/mol. The van der Waals surface area contributed by atoms with E-state index in [-0.39, 0.29) is 5.78 Å². The minimum Gasteiger partial charge on any atom is -0.496 e. The highest BCUT2D eigenvalue weighted by Gasteiger charge is 2.18. The van der Waals surface area contributed by atoms with Crippen LogP contribution in [0.5, 0.6) is 5.75 Å². The fourth-order valence-electron chi connectivity index (χ4n) is 2.81. The van der Waals surface area contributed by atoms with Gasteiger partial charge in [-0.05, 0) is 31.4 Å². The second-order valence-electron chi connectivity index (χ2n) is 5.32. The van der Waals surface area contributed by atoms with Crippen molar-refractivity contribution < 1.29 is 9.53 Å². The molecule has 0 bridgehead atoms. The molecule has 1 aromatic rings. The minimum atomic E-state index is 0.224. The number of carbonyl (C=O) groups excluding carboxylic acids is 1. The highest BCUT2D eigenvalue weighted by Crippen LogP contribution is 2.30. The van der Waals surface area contributed by atoms with Gasteiger partial charge in [-0.25, -0.2) is 0 Å². The Morgan fingerprint density at radius 1 is 1.33 bits per heavy atom. The highest BCUT2D eigenvalue weighted by atomic mass is 16.5. The summed E-state index contributed by atoms with van der Waals surface area (Å²) in [6, 6.07) is 5.81. The molecule has 0 amide bonds. The summed E-state index contributed by atoms with van der Waals surface area (Å²) in [5.41, 5.74) is 1.86. The molecule has 1 aliphatic rings. The first-order chi connectivity index (χ1) is 8.70. The fourth-order valence-corrected chi connectivity index (χ4v) is 2.81. The first-order valence-electron chi connectivity index (χ1n) is 6.88. The number of ketones is 1. The quantitative estimate of drug-likeness (QED) is 0.729. The Balaban J connectivity index is 2.00. The van der Waals surface area contributed by atoms with Gasteiger partial charge >= 0.3 is 0 Å². The van der Waals surface area contributed by atoms with Gasteiger partial charge in [-0.2, -0.15) is 0 Å². The van der Waals surface area contributed by atoms with Crippen molar-refractivity contribution in [3.63, 3.8) is 0 Å². The number of hydrogen-bond acceptors (Lipinski definition) is 2. The largest absolute Gasteiger partial charge is 0.496 e. The average molecular weight is 246 g/mol. The van der Waals surface area contributed by atoms with Crippen molar-refractivity contribution in [3.8, 4) is 5.75 Å². The Morgan fingerprint density at radius 2 is 2.06 bits per heavy atom. The molecular weight excluding hydrogens is 224 g/mol. The van der Waals surface area contributed by atoms with Crippen LogP contribution < -0.4 is 4.74 Å². The zero-order valence-electron chi connectivity index (χ0n) is 11.4. The van der Waals surface area contributed by atoms with Gasteiger partial charge in [0, 0.05) is 6.42 Å². The molecule has 0 radical (unpaired) electrons. The van der Waals surface area contributed by atoms with Crippen molar-refractivity contribution in [3.05, 3.63) is 29.3 Å². The highest BCUT2D eigenvalue weighted by molar-refractivity contribution is 5.98. The number of rotatable bonds is 5. The molecule has 0 heterocycles. The van der Waals surface area contributed by atoms with Crippen LogP contribution in [0, 0.1) is 12.8 Å². The summed E-state index contributed by atoms with van der Waals surface area (Å²) < 4.78 is 5.27. The number of aryl methyl sites for hydroxylation is 1. The molecule has 0 atom stereocenters. The summed E-state index contributed by atoms with van der Waals surface area (Å²) in [7, 11) is 1.62. The molecule has 1 fully saturated rings. The fraction of sp³-hybridized carbons (Fsp3) is 0.562. The number of Topliss-reactive ketones (excluding diaryl/α,β-unsaturated/α-hetero) is 1. The molecule has 2 nitrogen and oxygen atoms in total. The van der Waals surface area contributed by atoms with E-state index in [0.29, 0.717) is 12.2 Å². The maximum Gasteiger partial charge on any atom is 0.166 e. The van der Waals surface area contributed by atoms with E-state index in [1.165, 1.54) is 25.7 Å². The molecule has 2 heteroatoms. The summed E-state index contributed by atoms with van der Waals surface area (Å²) >= 11 is 0. The van der Waals surface area contributed by atoms with E-state index in [1.807, 2.05) is 25.1 Å². The van der Waals surface area contributed by atoms with Crippen LogP contribution in [0.3, 0.4) is 0 Å². The number of methoxy groups -OCH3 is 1. The van der Waals surface area contributed by atoms with Crippen LogP contribution in [-0.2, 0) is 0 Å². The lowest BCUT2D eigenvalue weighted by molar-refractivity contribution is 0.0971. The van der Waals surface area contributed by atoms with E-state index in [4.69, 9.17) is 4.74 Å². The molecule has 1 saturated carbocycles. The molecule has 98 valence electrons. The first kappa shape index (κ1) is 13.1. The molecule has 1 aliphatic carbocycles. The third-order valence-corrected chi connectivity index (χ3v) is 3.91. The zero-order chi connectivity index (χ0) is 13.0. The van der Waals surface area contributed by atoms with Crippen molar-refractivity contribution >= 4 is 5.78 Å². The summed E-state index contributed by atoms with van der Waals surface area (Å²) in [6.07, 6.45) is 6.98. The average Bonchev–Trinajstić information content (AvgIpc) is 2.89. The second-order valence-corrected chi connectivity index (χ2v) is 5.32. The maximum absolute atomic E-state index is 12.3. The van der Waals surface area contributed by atoms with Crippen LogP contribution in [0.2, 0.25) is 0 Å². The van der Waals surface area contributed by atoms with Crippen molar-refractivity contribution in [2.24, 2.45) is 5.92 Å². The van der Waals surface area contributed by atoms with Gasteiger partial charge in [-0.1, -0.05) is 37.3 Å². The molecule has 2 rings (SSSR count). The lowest BCUT2D eigenvalue weighted by atomic mass is 9.96. The molecule has 1 aromatic carbocycles. The van der Waals surface area contributed by atoms with Gasteiger partial charge in [0.1, 0.15) is 5.75 Å². The van der Waals surface area contributed by atoms with E-state index in [1.54, 1.807) is 7.11 Å².